The highest BCUT2D eigenvalue weighted by atomic mass is 35.5. The molecule has 11 heteroatoms. The molecule has 0 fully saturated rings. The second-order valence-corrected chi connectivity index (χ2v) is 7.61. The first-order valence-corrected chi connectivity index (χ1v) is 10.3. The van der Waals surface area contributed by atoms with E-state index in [2.05, 4.69) is 16.9 Å². The summed E-state index contributed by atoms with van der Waals surface area (Å²) in [5.74, 6) is 1.26. The lowest BCUT2D eigenvalue weighted by Gasteiger charge is -2.13. The molecule has 36 heavy (non-hydrogen) atoms. The van der Waals surface area contributed by atoms with Gasteiger partial charge in [-0.2, -0.15) is 17.9 Å². The van der Waals surface area contributed by atoms with E-state index in [0.29, 0.717) is 17.0 Å². The van der Waals surface area contributed by atoms with Crippen molar-refractivity contribution in [1.82, 2.24) is 9.78 Å². The lowest BCUT2D eigenvalue weighted by Crippen LogP contribution is -2.20. The molecule has 0 spiro atoms. The number of alkyl halides is 3. The van der Waals surface area contributed by atoms with Crippen LogP contribution in [-0.2, 0) is 11.0 Å². The SMILES string of the molecule is O=CC#Cc1ccc2c(OC(=O)c3cccc(F)c3)nn(C(=O)c3c(Cl)cccc3C(F)(F)F)c2c1. The molecule has 0 aliphatic carbocycles. The molecule has 0 saturated carbocycles. The van der Waals surface area contributed by atoms with Crippen molar-refractivity contribution in [2.45, 2.75) is 6.18 Å². The molecule has 0 amide bonds. The van der Waals surface area contributed by atoms with Crippen LogP contribution in [0.3, 0.4) is 0 Å². The molecule has 0 unspecified atom stereocenters. The average Bonchev–Trinajstić information content (AvgIpc) is 3.19. The van der Waals surface area contributed by atoms with Crippen molar-refractivity contribution < 1.29 is 36.7 Å². The molecule has 0 aliphatic rings. The molecule has 4 aromatic rings. The fourth-order valence-corrected chi connectivity index (χ4v) is 3.61. The van der Waals surface area contributed by atoms with E-state index in [1.807, 2.05) is 0 Å². The second-order valence-electron chi connectivity index (χ2n) is 7.20. The zero-order valence-corrected chi connectivity index (χ0v) is 18.5. The minimum absolute atomic E-state index is 0.0605. The summed E-state index contributed by atoms with van der Waals surface area (Å²) < 4.78 is 60.2. The van der Waals surface area contributed by atoms with Gasteiger partial charge in [-0.25, -0.2) is 9.18 Å². The van der Waals surface area contributed by atoms with E-state index in [1.54, 1.807) is 0 Å². The largest absolute Gasteiger partial charge is 0.417 e. The maximum Gasteiger partial charge on any atom is 0.417 e. The van der Waals surface area contributed by atoms with Crippen molar-refractivity contribution in [2.75, 3.05) is 0 Å². The van der Waals surface area contributed by atoms with Gasteiger partial charge in [0.05, 0.1) is 32.6 Å². The zero-order valence-electron chi connectivity index (χ0n) is 17.8. The van der Waals surface area contributed by atoms with E-state index in [0.717, 1.165) is 24.3 Å². The number of rotatable bonds is 3. The van der Waals surface area contributed by atoms with Gasteiger partial charge in [0.2, 0.25) is 5.88 Å². The van der Waals surface area contributed by atoms with Crippen molar-refractivity contribution in [3.8, 4) is 17.7 Å². The Morgan fingerprint density at radius 1 is 1.06 bits per heavy atom. The molecule has 0 radical (unpaired) electrons. The molecule has 6 nitrogen and oxygen atoms in total. The van der Waals surface area contributed by atoms with Crippen LogP contribution in [0.15, 0.2) is 60.7 Å². The van der Waals surface area contributed by atoms with Crippen LogP contribution in [0.2, 0.25) is 5.02 Å². The predicted octanol–water partition coefficient (Wildman–Crippen LogP) is 5.31. The molecule has 0 saturated heterocycles. The van der Waals surface area contributed by atoms with Gasteiger partial charge in [-0.15, -0.1) is 5.10 Å². The summed E-state index contributed by atoms with van der Waals surface area (Å²) in [6.07, 6.45) is -4.58. The average molecular weight is 515 g/mol. The number of benzene rings is 3. The highest BCUT2D eigenvalue weighted by Gasteiger charge is 2.37. The summed E-state index contributed by atoms with van der Waals surface area (Å²) in [6.45, 7) is 0. The first-order chi connectivity index (χ1) is 17.1. The summed E-state index contributed by atoms with van der Waals surface area (Å²) >= 11 is 5.97. The molecule has 1 heterocycles. The number of aldehydes is 1. The summed E-state index contributed by atoms with van der Waals surface area (Å²) in [6, 6.07) is 11.5. The lowest BCUT2D eigenvalue weighted by atomic mass is 10.1. The number of fused-ring (bicyclic) bond motifs is 1. The summed E-state index contributed by atoms with van der Waals surface area (Å²) in [4.78, 5) is 36.5. The van der Waals surface area contributed by atoms with Crippen LogP contribution in [0, 0.1) is 17.7 Å². The molecule has 3 aromatic carbocycles. The first-order valence-electron chi connectivity index (χ1n) is 9.96. The lowest BCUT2D eigenvalue weighted by molar-refractivity contribution is -0.137. The number of esters is 1. The van der Waals surface area contributed by atoms with Gasteiger partial charge in [-0.1, -0.05) is 29.7 Å². The smallest absolute Gasteiger partial charge is 0.402 e. The molecule has 0 atom stereocenters. The van der Waals surface area contributed by atoms with Gasteiger partial charge in [-0.3, -0.25) is 9.59 Å². The minimum atomic E-state index is -4.91. The van der Waals surface area contributed by atoms with Gasteiger partial charge >= 0.3 is 12.1 Å². The third-order valence-electron chi connectivity index (χ3n) is 4.90. The Hall–Kier alpha value is -4.49. The molecule has 0 N–H and O–H groups in total. The van der Waals surface area contributed by atoms with E-state index in [1.165, 1.54) is 30.3 Å². The van der Waals surface area contributed by atoms with E-state index in [4.69, 9.17) is 16.3 Å². The van der Waals surface area contributed by atoms with Gasteiger partial charge < -0.3 is 4.74 Å². The first kappa shape index (κ1) is 24.6. The maximum absolute atomic E-state index is 13.6. The Kier molecular flexibility index (Phi) is 6.59. The molecule has 0 bridgehead atoms. The van der Waals surface area contributed by atoms with Crippen LogP contribution in [-0.4, -0.2) is 27.9 Å². The number of ether oxygens (including phenoxy) is 1. The number of nitrogens with zero attached hydrogens (tertiary/aromatic N) is 2. The van der Waals surface area contributed by atoms with Gasteiger partial charge in [0, 0.05) is 5.56 Å². The predicted molar refractivity (Wildman–Crippen MR) is 120 cm³/mol. The molecule has 1 aromatic heterocycles. The molecule has 4 rings (SSSR count). The number of hydrogen-bond donors (Lipinski definition) is 0. The summed E-state index contributed by atoms with van der Waals surface area (Å²) in [5.41, 5.74) is -2.18. The van der Waals surface area contributed by atoms with Crippen molar-refractivity contribution in [3.63, 3.8) is 0 Å². The summed E-state index contributed by atoms with van der Waals surface area (Å²) in [7, 11) is 0. The number of aromatic nitrogens is 2. The van der Waals surface area contributed by atoms with E-state index >= 15 is 0 Å². The Bertz CT molecular complexity index is 1600. The van der Waals surface area contributed by atoms with Crippen molar-refractivity contribution in [1.29, 1.82) is 0 Å². The second kappa shape index (κ2) is 9.64. The van der Waals surface area contributed by atoms with Crippen LogP contribution in [0.1, 0.15) is 31.8 Å². The molecule has 0 aliphatic heterocycles. The fourth-order valence-electron chi connectivity index (χ4n) is 3.35. The highest BCUT2D eigenvalue weighted by Crippen LogP contribution is 2.36. The van der Waals surface area contributed by atoms with Crippen molar-refractivity contribution in [2.24, 2.45) is 0 Å². The van der Waals surface area contributed by atoms with Crippen LogP contribution in [0.4, 0.5) is 17.6 Å². The fraction of sp³-hybridized carbons (Fsp3) is 0.0400. The Balaban J connectivity index is 1.89. The van der Waals surface area contributed by atoms with Crippen LogP contribution in [0.5, 0.6) is 5.88 Å². The standard InChI is InChI=1S/C25H11ClF4N2O4/c26-19-8-2-7-18(25(28,29)30)21(19)23(34)32-20-12-14(4-3-11-33)9-10-17(20)22(31-32)36-24(35)15-5-1-6-16(27)13-15/h1-2,5-13H. The Labute approximate surface area is 205 Å². The number of carbonyl (C=O) groups excluding carboxylic acids is 3. The number of hydrogen-bond acceptors (Lipinski definition) is 5. The maximum atomic E-state index is 13.6. The normalized spacial score (nSPS) is 11.0. The summed E-state index contributed by atoms with van der Waals surface area (Å²) in [5, 5.41) is 3.51. The Morgan fingerprint density at radius 2 is 1.81 bits per heavy atom. The van der Waals surface area contributed by atoms with Gasteiger partial charge in [0.25, 0.3) is 5.91 Å². The van der Waals surface area contributed by atoms with E-state index in [-0.39, 0.29) is 22.0 Å². The van der Waals surface area contributed by atoms with Crippen molar-refractivity contribution >= 4 is 40.7 Å². The van der Waals surface area contributed by atoms with E-state index < -0.39 is 45.9 Å². The number of carbonyl (C=O) groups is 3. The quantitative estimate of drug-likeness (QED) is 0.160. The van der Waals surface area contributed by atoms with Gasteiger partial charge in [0.1, 0.15) is 5.82 Å². The number of halogens is 5. The minimum Gasteiger partial charge on any atom is -0.402 e. The Morgan fingerprint density at radius 3 is 2.50 bits per heavy atom. The third kappa shape index (κ3) is 4.82. The van der Waals surface area contributed by atoms with Gasteiger partial charge in [-0.05, 0) is 54.5 Å². The van der Waals surface area contributed by atoms with Crippen LogP contribution in [0.25, 0.3) is 10.9 Å². The third-order valence-corrected chi connectivity index (χ3v) is 5.21. The monoisotopic (exact) mass is 514 g/mol. The van der Waals surface area contributed by atoms with Crippen molar-refractivity contribution in [3.05, 3.63) is 93.8 Å². The molecule has 180 valence electrons. The zero-order chi connectivity index (χ0) is 26.0. The molecular formula is C25H11ClF4N2O4. The van der Waals surface area contributed by atoms with E-state index in [9.17, 15) is 31.9 Å². The van der Waals surface area contributed by atoms with Crippen LogP contribution >= 0.6 is 11.6 Å². The highest BCUT2D eigenvalue weighted by molar-refractivity contribution is 6.34. The van der Waals surface area contributed by atoms with Crippen LogP contribution < -0.4 is 4.74 Å². The molecular weight excluding hydrogens is 504 g/mol. The van der Waals surface area contributed by atoms with Gasteiger partial charge in [0.15, 0.2) is 6.29 Å². The topological polar surface area (TPSA) is 78.3 Å².